The molecule has 1 N–H and O–H groups in total. The Morgan fingerprint density at radius 3 is 2.63 bits per heavy atom. The Balaban J connectivity index is 1.83. The quantitative estimate of drug-likeness (QED) is 0.796. The molecule has 1 fully saturated rings. The summed E-state index contributed by atoms with van der Waals surface area (Å²) in [6.45, 7) is 8.16. The fraction of sp³-hybridized carbons (Fsp3) is 0.364. The Kier molecular flexibility index (Phi) is 5.61. The van der Waals surface area contributed by atoms with Crippen molar-refractivity contribution in [1.82, 2.24) is 0 Å². The van der Waals surface area contributed by atoms with E-state index in [1.165, 1.54) is 0 Å². The predicted molar refractivity (Wildman–Crippen MR) is 113 cm³/mol. The largest absolute Gasteiger partial charge is 0.326 e. The van der Waals surface area contributed by atoms with Gasteiger partial charge in [0.25, 0.3) is 0 Å². The van der Waals surface area contributed by atoms with Gasteiger partial charge in [0, 0.05) is 17.8 Å². The molecule has 1 aliphatic heterocycles. The highest BCUT2D eigenvalue weighted by Gasteiger charge is 2.34. The SMILES string of the molecule is Cc1cccc(N2C(=O)CS[C@H]2c2cccc(NC(=O)CC(C)(C)C)c2)c1. The van der Waals surface area contributed by atoms with Crippen molar-refractivity contribution in [3.63, 3.8) is 0 Å². The van der Waals surface area contributed by atoms with Gasteiger partial charge < -0.3 is 5.32 Å². The maximum Gasteiger partial charge on any atom is 0.238 e. The number of amides is 2. The lowest BCUT2D eigenvalue weighted by Gasteiger charge is -2.25. The maximum absolute atomic E-state index is 12.5. The number of rotatable bonds is 4. The maximum atomic E-state index is 12.5. The van der Waals surface area contributed by atoms with Gasteiger partial charge in [0.2, 0.25) is 11.8 Å². The molecule has 1 atom stereocenters. The van der Waals surface area contributed by atoms with Crippen LogP contribution in [0.25, 0.3) is 0 Å². The van der Waals surface area contributed by atoms with Crippen molar-refractivity contribution in [2.45, 2.75) is 39.5 Å². The molecule has 0 spiro atoms. The van der Waals surface area contributed by atoms with Crippen molar-refractivity contribution in [3.8, 4) is 0 Å². The van der Waals surface area contributed by atoms with Gasteiger partial charge in [-0.1, -0.05) is 45.0 Å². The van der Waals surface area contributed by atoms with Crippen molar-refractivity contribution in [3.05, 3.63) is 59.7 Å². The lowest BCUT2D eigenvalue weighted by Crippen LogP contribution is -2.28. The van der Waals surface area contributed by atoms with Crippen LogP contribution in [-0.4, -0.2) is 17.6 Å². The van der Waals surface area contributed by atoms with Crippen molar-refractivity contribution >= 4 is 35.0 Å². The smallest absolute Gasteiger partial charge is 0.238 e. The second-order valence-electron chi connectivity index (χ2n) is 8.18. The van der Waals surface area contributed by atoms with Crippen LogP contribution in [0.2, 0.25) is 0 Å². The molecule has 0 aromatic heterocycles. The van der Waals surface area contributed by atoms with Gasteiger partial charge in [0.1, 0.15) is 5.37 Å². The summed E-state index contributed by atoms with van der Waals surface area (Å²) in [5, 5.41) is 2.90. The summed E-state index contributed by atoms with van der Waals surface area (Å²) < 4.78 is 0. The molecule has 2 aromatic carbocycles. The molecule has 3 rings (SSSR count). The van der Waals surface area contributed by atoms with Gasteiger partial charge in [0.05, 0.1) is 5.75 Å². The van der Waals surface area contributed by atoms with Crippen LogP contribution >= 0.6 is 11.8 Å². The lowest BCUT2D eigenvalue weighted by atomic mass is 9.92. The Hall–Kier alpha value is -2.27. The molecule has 0 bridgehead atoms. The number of carbonyl (C=O) groups is 2. The lowest BCUT2D eigenvalue weighted by molar-refractivity contribution is -0.118. The summed E-state index contributed by atoms with van der Waals surface area (Å²) in [6.07, 6.45) is 0.462. The standard InChI is InChI=1S/C22H26N2O2S/c1-15-7-5-10-18(11-15)24-20(26)14-27-21(24)16-8-6-9-17(12-16)23-19(25)13-22(2,3)4/h5-12,21H,13-14H2,1-4H3,(H,23,25)/t21-/m0/s1. The first-order valence-electron chi connectivity index (χ1n) is 9.13. The summed E-state index contributed by atoms with van der Waals surface area (Å²) in [5.41, 5.74) is 3.76. The molecule has 0 aliphatic carbocycles. The molecule has 2 amide bonds. The van der Waals surface area contributed by atoms with Crippen LogP contribution in [-0.2, 0) is 9.59 Å². The molecule has 0 unspecified atom stereocenters. The first-order valence-corrected chi connectivity index (χ1v) is 10.2. The van der Waals surface area contributed by atoms with E-state index in [2.05, 4.69) is 5.32 Å². The van der Waals surface area contributed by atoms with E-state index < -0.39 is 0 Å². The molecular weight excluding hydrogens is 356 g/mol. The van der Waals surface area contributed by atoms with E-state index in [0.717, 1.165) is 22.5 Å². The van der Waals surface area contributed by atoms with Crippen LogP contribution in [0.4, 0.5) is 11.4 Å². The van der Waals surface area contributed by atoms with Gasteiger partial charge in [-0.15, -0.1) is 11.8 Å². The van der Waals surface area contributed by atoms with Gasteiger partial charge in [0.15, 0.2) is 0 Å². The molecule has 1 aliphatic rings. The van der Waals surface area contributed by atoms with Crippen molar-refractivity contribution < 1.29 is 9.59 Å². The highest BCUT2D eigenvalue weighted by atomic mass is 32.2. The van der Waals surface area contributed by atoms with E-state index in [1.54, 1.807) is 11.8 Å². The first kappa shape index (κ1) is 19.5. The number of anilines is 2. The molecule has 1 heterocycles. The zero-order valence-corrected chi connectivity index (χ0v) is 17.1. The Morgan fingerprint density at radius 2 is 1.93 bits per heavy atom. The van der Waals surface area contributed by atoms with E-state index in [1.807, 2.05) is 81.1 Å². The minimum absolute atomic E-state index is 0.00495. The van der Waals surface area contributed by atoms with E-state index in [9.17, 15) is 9.59 Å². The summed E-state index contributed by atoms with van der Waals surface area (Å²) >= 11 is 1.61. The minimum atomic E-state index is -0.0845. The molecule has 27 heavy (non-hydrogen) atoms. The van der Waals surface area contributed by atoms with E-state index in [4.69, 9.17) is 0 Å². The highest BCUT2D eigenvalue weighted by molar-refractivity contribution is 8.00. The average Bonchev–Trinajstić information content (AvgIpc) is 2.95. The molecule has 2 aromatic rings. The zero-order valence-electron chi connectivity index (χ0n) is 16.3. The third kappa shape index (κ3) is 4.92. The Bertz CT molecular complexity index is 857. The van der Waals surface area contributed by atoms with Crippen LogP contribution in [0.1, 0.15) is 43.7 Å². The first-order chi connectivity index (χ1) is 12.7. The van der Waals surface area contributed by atoms with Crippen LogP contribution in [0, 0.1) is 12.3 Å². The van der Waals surface area contributed by atoms with Crippen molar-refractivity contribution in [1.29, 1.82) is 0 Å². The minimum Gasteiger partial charge on any atom is -0.326 e. The van der Waals surface area contributed by atoms with Gasteiger partial charge in [-0.3, -0.25) is 14.5 Å². The topological polar surface area (TPSA) is 49.4 Å². The van der Waals surface area contributed by atoms with E-state index in [-0.39, 0.29) is 22.6 Å². The van der Waals surface area contributed by atoms with Crippen LogP contribution in [0.15, 0.2) is 48.5 Å². The van der Waals surface area contributed by atoms with Gasteiger partial charge in [-0.05, 0) is 47.7 Å². The Morgan fingerprint density at radius 1 is 1.19 bits per heavy atom. The fourth-order valence-electron chi connectivity index (χ4n) is 3.18. The number of carbonyl (C=O) groups excluding carboxylic acids is 2. The van der Waals surface area contributed by atoms with Crippen molar-refractivity contribution in [2.24, 2.45) is 5.41 Å². The number of nitrogens with zero attached hydrogens (tertiary/aromatic N) is 1. The molecular formula is C22H26N2O2S. The third-order valence-electron chi connectivity index (χ3n) is 4.29. The second-order valence-corrected chi connectivity index (χ2v) is 9.25. The van der Waals surface area contributed by atoms with Crippen molar-refractivity contribution in [2.75, 3.05) is 16.0 Å². The number of benzene rings is 2. The number of thioether (sulfide) groups is 1. The van der Waals surface area contributed by atoms with Gasteiger partial charge >= 0.3 is 0 Å². The summed E-state index contributed by atoms with van der Waals surface area (Å²) in [6, 6.07) is 15.8. The normalized spacial score (nSPS) is 17.3. The van der Waals surface area contributed by atoms with E-state index in [0.29, 0.717) is 12.2 Å². The predicted octanol–water partition coefficient (Wildman–Crippen LogP) is 5.15. The van der Waals surface area contributed by atoms with E-state index >= 15 is 0 Å². The molecule has 142 valence electrons. The molecule has 0 radical (unpaired) electrons. The van der Waals surface area contributed by atoms with Crippen LogP contribution < -0.4 is 10.2 Å². The summed E-state index contributed by atoms with van der Waals surface area (Å²) in [4.78, 5) is 26.6. The fourth-order valence-corrected chi connectivity index (χ4v) is 4.35. The molecule has 4 nitrogen and oxygen atoms in total. The number of nitrogens with one attached hydrogen (secondary N) is 1. The number of hydrogen-bond donors (Lipinski definition) is 1. The van der Waals surface area contributed by atoms with Crippen LogP contribution in [0.5, 0.6) is 0 Å². The monoisotopic (exact) mass is 382 g/mol. The molecule has 0 saturated carbocycles. The molecule has 5 heteroatoms. The molecule has 1 saturated heterocycles. The number of hydrogen-bond acceptors (Lipinski definition) is 3. The zero-order chi connectivity index (χ0) is 19.6. The van der Waals surface area contributed by atoms with Crippen LogP contribution in [0.3, 0.4) is 0 Å². The average molecular weight is 383 g/mol. The van der Waals surface area contributed by atoms with Gasteiger partial charge in [-0.2, -0.15) is 0 Å². The summed E-state index contributed by atoms with van der Waals surface area (Å²) in [7, 11) is 0. The second kappa shape index (κ2) is 7.77. The Labute approximate surface area is 165 Å². The highest BCUT2D eigenvalue weighted by Crippen LogP contribution is 2.42. The number of aryl methyl sites for hydroxylation is 1. The summed E-state index contributed by atoms with van der Waals surface area (Å²) in [5.74, 6) is 0.572. The van der Waals surface area contributed by atoms with Gasteiger partial charge in [-0.25, -0.2) is 0 Å². The third-order valence-corrected chi connectivity index (χ3v) is 5.51.